The van der Waals surface area contributed by atoms with Crippen LogP contribution in [0.3, 0.4) is 0 Å². The molecule has 0 heterocycles. The predicted octanol–water partition coefficient (Wildman–Crippen LogP) is 2.10. The number of rotatable bonds is 3. The first-order valence-electron chi connectivity index (χ1n) is 3.78. The van der Waals surface area contributed by atoms with Crippen molar-refractivity contribution < 1.29 is 0 Å². The van der Waals surface area contributed by atoms with Crippen molar-refractivity contribution in [2.45, 2.75) is 0 Å². The number of anilines is 2. The van der Waals surface area contributed by atoms with Gasteiger partial charge in [0.15, 0.2) is 0 Å². The molecular weight excluding hydrogens is 150 g/mol. The van der Waals surface area contributed by atoms with E-state index in [4.69, 9.17) is 0 Å². The fourth-order valence-electron chi connectivity index (χ4n) is 1.03. The van der Waals surface area contributed by atoms with Crippen molar-refractivity contribution in [1.82, 2.24) is 0 Å². The molecule has 1 aromatic carbocycles. The number of benzene rings is 1. The highest BCUT2D eigenvalue weighted by atomic mass is 14.9. The molecule has 0 atom stereocenters. The molecule has 0 radical (unpaired) electrons. The Kier molecular flexibility index (Phi) is 2.69. The molecule has 0 aliphatic rings. The van der Waals surface area contributed by atoms with Crippen molar-refractivity contribution in [3.63, 3.8) is 0 Å². The summed E-state index contributed by atoms with van der Waals surface area (Å²) in [5.74, 6) is 0. The Morgan fingerprint density at radius 3 is 2.50 bits per heavy atom. The van der Waals surface area contributed by atoms with Crippen LogP contribution >= 0.6 is 0 Å². The van der Waals surface area contributed by atoms with Crippen molar-refractivity contribution in [3.05, 3.63) is 18.2 Å². The molecule has 0 unspecified atom stereocenters. The maximum atomic E-state index is 3.88. The van der Waals surface area contributed by atoms with Gasteiger partial charge in [-0.25, -0.2) is 0 Å². The van der Waals surface area contributed by atoms with Gasteiger partial charge in [-0.2, -0.15) is 0 Å². The maximum Gasteiger partial charge on any atom is 0.0855 e. The van der Waals surface area contributed by atoms with E-state index in [0.29, 0.717) is 0 Å². The molecular formula is C9H13N3. The van der Waals surface area contributed by atoms with E-state index in [0.717, 1.165) is 17.1 Å². The van der Waals surface area contributed by atoms with Crippen LogP contribution in [-0.2, 0) is 0 Å². The molecule has 0 amide bonds. The highest BCUT2D eigenvalue weighted by Crippen LogP contribution is 2.26. The summed E-state index contributed by atoms with van der Waals surface area (Å²) in [5, 5.41) is 6.10. The van der Waals surface area contributed by atoms with E-state index in [-0.39, 0.29) is 0 Å². The third-order valence-corrected chi connectivity index (χ3v) is 1.72. The molecule has 12 heavy (non-hydrogen) atoms. The largest absolute Gasteiger partial charge is 0.388 e. The van der Waals surface area contributed by atoms with Crippen LogP contribution in [0, 0.1) is 0 Å². The molecule has 3 nitrogen and oxygen atoms in total. The van der Waals surface area contributed by atoms with Crippen LogP contribution < -0.4 is 10.6 Å². The van der Waals surface area contributed by atoms with Gasteiger partial charge in [-0.05, 0) is 24.9 Å². The second kappa shape index (κ2) is 3.76. The normalized spacial score (nSPS) is 9.17. The van der Waals surface area contributed by atoms with E-state index >= 15 is 0 Å². The van der Waals surface area contributed by atoms with Crippen LogP contribution in [0.25, 0.3) is 0 Å². The highest BCUT2D eigenvalue weighted by molar-refractivity contribution is 5.72. The molecule has 0 saturated carbocycles. The summed E-state index contributed by atoms with van der Waals surface area (Å²) < 4.78 is 0. The van der Waals surface area contributed by atoms with E-state index < -0.39 is 0 Å². The SMILES string of the molecule is C=Nc1ccc(NC)cc1NC. The number of aliphatic imine (C=N–C) groups is 1. The second-order valence-corrected chi connectivity index (χ2v) is 2.39. The average Bonchev–Trinajstić information content (AvgIpc) is 2.16. The Balaban J connectivity index is 3.10. The van der Waals surface area contributed by atoms with Gasteiger partial charge in [0.25, 0.3) is 0 Å². The van der Waals surface area contributed by atoms with Gasteiger partial charge in [0.05, 0.1) is 11.4 Å². The Hall–Kier alpha value is -1.51. The lowest BCUT2D eigenvalue weighted by Gasteiger charge is -2.06. The van der Waals surface area contributed by atoms with Crippen molar-refractivity contribution in [2.75, 3.05) is 24.7 Å². The van der Waals surface area contributed by atoms with Crippen LogP contribution in [0.1, 0.15) is 0 Å². The summed E-state index contributed by atoms with van der Waals surface area (Å²) in [7, 11) is 3.75. The highest BCUT2D eigenvalue weighted by Gasteiger charge is 1.98. The average molecular weight is 163 g/mol. The molecule has 0 bridgehead atoms. The Bertz CT molecular complexity index is 281. The molecule has 0 aromatic heterocycles. The summed E-state index contributed by atoms with van der Waals surface area (Å²) in [4.78, 5) is 3.88. The monoisotopic (exact) mass is 163 g/mol. The van der Waals surface area contributed by atoms with Crippen LogP contribution in [-0.4, -0.2) is 20.8 Å². The van der Waals surface area contributed by atoms with Gasteiger partial charge in [0.2, 0.25) is 0 Å². The van der Waals surface area contributed by atoms with Gasteiger partial charge >= 0.3 is 0 Å². The summed E-state index contributed by atoms with van der Waals surface area (Å²) in [6, 6.07) is 5.87. The van der Waals surface area contributed by atoms with Gasteiger partial charge in [0, 0.05) is 19.8 Å². The van der Waals surface area contributed by atoms with E-state index in [1.165, 1.54) is 0 Å². The predicted molar refractivity (Wildman–Crippen MR) is 54.7 cm³/mol. The third kappa shape index (κ3) is 1.56. The standard InChI is InChI=1S/C9H13N3/c1-10-7-4-5-8(11-2)9(6-7)12-3/h4-6,10,12H,2H2,1,3H3. The van der Waals surface area contributed by atoms with Crippen molar-refractivity contribution in [2.24, 2.45) is 4.99 Å². The van der Waals surface area contributed by atoms with Crippen molar-refractivity contribution in [1.29, 1.82) is 0 Å². The van der Waals surface area contributed by atoms with Gasteiger partial charge in [-0.3, -0.25) is 4.99 Å². The quantitative estimate of drug-likeness (QED) is 0.669. The molecule has 3 heteroatoms. The first kappa shape index (κ1) is 8.59. The van der Waals surface area contributed by atoms with Crippen LogP contribution in [0.15, 0.2) is 23.2 Å². The second-order valence-electron chi connectivity index (χ2n) is 2.39. The molecule has 0 aliphatic carbocycles. The summed E-state index contributed by atoms with van der Waals surface area (Å²) >= 11 is 0. The van der Waals surface area contributed by atoms with Crippen LogP contribution in [0.2, 0.25) is 0 Å². The molecule has 0 aliphatic heterocycles. The zero-order chi connectivity index (χ0) is 8.97. The fraction of sp³-hybridized carbons (Fsp3) is 0.222. The molecule has 0 saturated heterocycles. The Morgan fingerprint density at radius 1 is 1.25 bits per heavy atom. The lowest BCUT2D eigenvalue weighted by molar-refractivity contribution is 1.43. The summed E-state index contributed by atoms with van der Waals surface area (Å²) in [6.45, 7) is 3.48. The Labute approximate surface area is 72.5 Å². The zero-order valence-electron chi connectivity index (χ0n) is 7.39. The minimum atomic E-state index is 0.872. The van der Waals surface area contributed by atoms with Gasteiger partial charge in [-0.1, -0.05) is 0 Å². The van der Waals surface area contributed by atoms with Gasteiger partial charge in [-0.15, -0.1) is 0 Å². The Morgan fingerprint density at radius 2 is 2.00 bits per heavy atom. The van der Waals surface area contributed by atoms with Crippen molar-refractivity contribution >= 4 is 23.8 Å². The van der Waals surface area contributed by atoms with Gasteiger partial charge < -0.3 is 10.6 Å². The molecule has 0 spiro atoms. The van der Waals surface area contributed by atoms with E-state index in [2.05, 4.69) is 22.3 Å². The van der Waals surface area contributed by atoms with Crippen molar-refractivity contribution in [3.8, 4) is 0 Å². The van der Waals surface area contributed by atoms with E-state index in [1.54, 1.807) is 0 Å². The fourth-order valence-corrected chi connectivity index (χ4v) is 1.03. The number of nitrogens with one attached hydrogen (secondary N) is 2. The molecule has 0 fully saturated rings. The maximum absolute atomic E-state index is 3.88. The van der Waals surface area contributed by atoms with Crippen LogP contribution in [0.4, 0.5) is 17.1 Å². The minimum Gasteiger partial charge on any atom is -0.388 e. The minimum absolute atomic E-state index is 0.872. The topological polar surface area (TPSA) is 36.4 Å². The molecule has 2 N–H and O–H groups in total. The first-order valence-corrected chi connectivity index (χ1v) is 3.78. The van der Waals surface area contributed by atoms with E-state index in [9.17, 15) is 0 Å². The number of nitrogens with zero attached hydrogens (tertiary/aromatic N) is 1. The molecule has 1 rings (SSSR count). The first-order chi connectivity index (χ1) is 5.81. The lowest BCUT2D eigenvalue weighted by Crippen LogP contribution is -1.92. The third-order valence-electron chi connectivity index (χ3n) is 1.72. The molecule has 64 valence electrons. The smallest absolute Gasteiger partial charge is 0.0855 e. The summed E-state index contributed by atoms with van der Waals surface area (Å²) in [6.07, 6.45) is 0. The number of hydrogen-bond donors (Lipinski definition) is 2. The van der Waals surface area contributed by atoms with E-state index in [1.807, 2.05) is 32.3 Å². The zero-order valence-corrected chi connectivity index (χ0v) is 7.39. The number of hydrogen-bond acceptors (Lipinski definition) is 3. The lowest BCUT2D eigenvalue weighted by atomic mass is 10.2. The summed E-state index contributed by atoms with van der Waals surface area (Å²) in [5.41, 5.74) is 2.92. The van der Waals surface area contributed by atoms with Crippen LogP contribution in [0.5, 0.6) is 0 Å². The molecule has 1 aromatic rings. The van der Waals surface area contributed by atoms with Gasteiger partial charge in [0.1, 0.15) is 0 Å².